The molecule has 0 spiro atoms. The topological polar surface area (TPSA) is 29.5 Å². The number of ether oxygens (including phenoxy) is 1. The SMILES string of the molecule is CC(C)(C)OC(=O)N1C2C=C(c3ccc4c(c3)CC4)CC1CC2. The fraction of sp³-hybridized carbons (Fsp3) is 0.550. The Labute approximate surface area is 138 Å². The van der Waals surface area contributed by atoms with Gasteiger partial charge in [-0.25, -0.2) is 4.79 Å². The van der Waals surface area contributed by atoms with Gasteiger partial charge < -0.3 is 4.74 Å². The minimum absolute atomic E-state index is 0.155. The standard InChI is InChI=1S/C20H25NO2/c1-20(2,3)23-19(22)21-17-8-9-18(21)12-16(11-17)15-7-5-13-4-6-14(13)10-15/h5,7,10-11,17-18H,4,6,8-9,12H2,1-3H3. The maximum Gasteiger partial charge on any atom is 0.411 e. The molecule has 3 heteroatoms. The number of hydrogen-bond donors (Lipinski definition) is 0. The molecule has 122 valence electrons. The van der Waals surface area contributed by atoms with Gasteiger partial charge in [0.15, 0.2) is 0 Å². The van der Waals surface area contributed by atoms with E-state index in [1.54, 1.807) is 0 Å². The Bertz CT molecular complexity index is 683. The lowest BCUT2D eigenvalue weighted by molar-refractivity contribution is 0.0175. The Balaban J connectivity index is 1.56. The Morgan fingerprint density at radius 1 is 1.17 bits per heavy atom. The van der Waals surface area contributed by atoms with Crippen LogP contribution in [0.5, 0.6) is 0 Å². The van der Waals surface area contributed by atoms with Crippen LogP contribution in [0.3, 0.4) is 0 Å². The van der Waals surface area contributed by atoms with E-state index >= 15 is 0 Å². The summed E-state index contributed by atoms with van der Waals surface area (Å²) in [5.41, 5.74) is 5.34. The van der Waals surface area contributed by atoms with Gasteiger partial charge in [-0.2, -0.15) is 0 Å². The average molecular weight is 311 g/mol. The lowest BCUT2D eigenvalue weighted by Gasteiger charge is -2.35. The van der Waals surface area contributed by atoms with Crippen molar-refractivity contribution in [2.75, 3.05) is 0 Å². The van der Waals surface area contributed by atoms with E-state index < -0.39 is 5.60 Å². The fourth-order valence-corrected chi connectivity index (χ4v) is 4.04. The number of hydrogen-bond acceptors (Lipinski definition) is 2. The summed E-state index contributed by atoms with van der Waals surface area (Å²) in [6.07, 6.45) is 7.67. The third-order valence-electron chi connectivity index (χ3n) is 5.24. The zero-order chi connectivity index (χ0) is 16.2. The van der Waals surface area contributed by atoms with Crippen LogP contribution in [0.25, 0.3) is 5.57 Å². The highest BCUT2D eigenvalue weighted by molar-refractivity contribution is 5.75. The quantitative estimate of drug-likeness (QED) is 0.772. The molecule has 2 bridgehead atoms. The number of rotatable bonds is 1. The molecule has 0 saturated carbocycles. The highest BCUT2D eigenvalue weighted by atomic mass is 16.6. The zero-order valence-corrected chi connectivity index (χ0v) is 14.3. The number of benzene rings is 1. The van der Waals surface area contributed by atoms with Crippen LogP contribution in [0, 0.1) is 0 Å². The van der Waals surface area contributed by atoms with Gasteiger partial charge >= 0.3 is 6.09 Å². The lowest BCUT2D eigenvalue weighted by atomic mass is 9.84. The summed E-state index contributed by atoms with van der Waals surface area (Å²) in [5, 5.41) is 0. The third-order valence-corrected chi connectivity index (χ3v) is 5.24. The Kier molecular flexibility index (Phi) is 3.29. The van der Waals surface area contributed by atoms with E-state index in [0.29, 0.717) is 6.04 Å². The van der Waals surface area contributed by atoms with Crippen LogP contribution in [-0.2, 0) is 17.6 Å². The first-order valence-electron chi connectivity index (χ1n) is 8.75. The fourth-order valence-electron chi connectivity index (χ4n) is 4.04. The Morgan fingerprint density at radius 2 is 1.96 bits per heavy atom. The van der Waals surface area contributed by atoms with Crippen molar-refractivity contribution in [3.05, 3.63) is 41.0 Å². The third kappa shape index (κ3) is 2.66. The first-order chi connectivity index (χ1) is 10.9. The number of carbonyl (C=O) groups excluding carboxylic acids is 1. The maximum atomic E-state index is 12.5. The smallest absolute Gasteiger partial charge is 0.411 e. The molecule has 0 radical (unpaired) electrons. The molecule has 2 atom stereocenters. The average Bonchev–Trinajstić information content (AvgIpc) is 2.69. The van der Waals surface area contributed by atoms with Crippen molar-refractivity contribution in [3.8, 4) is 0 Å². The molecule has 23 heavy (non-hydrogen) atoms. The largest absolute Gasteiger partial charge is 0.444 e. The molecule has 2 unspecified atom stereocenters. The molecule has 1 aromatic rings. The minimum Gasteiger partial charge on any atom is -0.444 e. The maximum absolute atomic E-state index is 12.5. The van der Waals surface area contributed by atoms with Crippen LogP contribution in [-0.4, -0.2) is 28.7 Å². The lowest BCUT2D eigenvalue weighted by Crippen LogP contribution is -2.45. The molecular weight excluding hydrogens is 286 g/mol. The summed E-state index contributed by atoms with van der Waals surface area (Å²) in [5.74, 6) is 0. The Hall–Kier alpha value is -1.77. The van der Waals surface area contributed by atoms with Crippen molar-refractivity contribution >= 4 is 11.7 Å². The predicted molar refractivity (Wildman–Crippen MR) is 91.3 cm³/mol. The van der Waals surface area contributed by atoms with Gasteiger partial charge in [-0.3, -0.25) is 4.90 Å². The van der Waals surface area contributed by atoms with Crippen molar-refractivity contribution in [2.24, 2.45) is 0 Å². The molecule has 1 fully saturated rings. The van der Waals surface area contributed by atoms with Gasteiger partial charge in [-0.15, -0.1) is 0 Å². The number of aryl methyl sites for hydroxylation is 2. The van der Waals surface area contributed by atoms with Crippen molar-refractivity contribution in [2.45, 2.75) is 70.6 Å². The summed E-state index contributed by atoms with van der Waals surface area (Å²) >= 11 is 0. The van der Waals surface area contributed by atoms with E-state index in [9.17, 15) is 4.79 Å². The molecule has 0 N–H and O–H groups in total. The van der Waals surface area contributed by atoms with Gasteiger partial charge in [0.05, 0.1) is 6.04 Å². The van der Waals surface area contributed by atoms with Crippen LogP contribution in [0.4, 0.5) is 4.79 Å². The molecule has 1 amide bonds. The van der Waals surface area contributed by atoms with Gasteiger partial charge in [-0.1, -0.05) is 24.3 Å². The highest BCUT2D eigenvalue weighted by Crippen LogP contribution is 2.40. The number of nitrogens with zero attached hydrogens (tertiary/aromatic N) is 1. The predicted octanol–water partition coefficient (Wildman–Crippen LogP) is 4.34. The van der Waals surface area contributed by atoms with Crippen molar-refractivity contribution in [3.63, 3.8) is 0 Å². The van der Waals surface area contributed by atoms with E-state index in [-0.39, 0.29) is 12.1 Å². The molecule has 1 aromatic carbocycles. The summed E-state index contributed by atoms with van der Waals surface area (Å²) in [6.45, 7) is 5.79. The van der Waals surface area contributed by atoms with Gasteiger partial charge in [0, 0.05) is 6.04 Å². The van der Waals surface area contributed by atoms with E-state index in [0.717, 1.165) is 19.3 Å². The zero-order valence-electron chi connectivity index (χ0n) is 14.3. The van der Waals surface area contributed by atoms with Crippen molar-refractivity contribution in [1.29, 1.82) is 0 Å². The van der Waals surface area contributed by atoms with E-state index in [4.69, 9.17) is 4.74 Å². The summed E-state index contributed by atoms with van der Waals surface area (Å²) in [6, 6.07) is 7.38. The van der Waals surface area contributed by atoms with Gasteiger partial charge in [0.1, 0.15) is 5.60 Å². The van der Waals surface area contributed by atoms with Crippen LogP contribution < -0.4 is 0 Å². The summed E-state index contributed by atoms with van der Waals surface area (Å²) < 4.78 is 5.60. The minimum atomic E-state index is -0.428. The van der Waals surface area contributed by atoms with Crippen LogP contribution in [0.2, 0.25) is 0 Å². The molecule has 2 aliphatic heterocycles. The summed E-state index contributed by atoms with van der Waals surface area (Å²) in [4.78, 5) is 14.5. The van der Waals surface area contributed by atoms with E-state index in [1.807, 2.05) is 25.7 Å². The van der Waals surface area contributed by atoms with E-state index in [2.05, 4.69) is 24.3 Å². The number of fused-ring (bicyclic) bond motifs is 3. The van der Waals surface area contributed by atoms with E-state index in [1.165, 1.54) is 35.1 Å². The van der Waals surface area contributed by atoms with Crippen LogP contribution in [0.1, 0.15) is 56.7 Å². The van der Waals surface area contributed by atoms with Crippen LogP contribution >= 0.6 is 0 Å². The van der Waals surface area contributed by atoms with Crippen molar-refractivity contribution in [1.82, 2.24) is 4.90 Å². The molecule has 0 aromatic heterocycles. The summed E-state index contributed by atoms with van der Waals surface area (Å²) in [7, 11) is 0. The monoisotopic (exact) mass is 311 g/mol. The second-order valence-corrected chi connectivity index (χ2v) is 8.07. The van der Waals surface area contributed by atoms with Gasteiger partial charge in [-0.05, 0) is 75.1 Å². The molecule has 1 aliphatic carbocycles. The molecule has 3 aliphatic rings. The Morgan fingerprint density at radius 3 is 2.57 bits per heavy atom. The first kappa shape index (κ1) is 14.8. The number of amides is 1. The molecular formula is C20H25NO2. The van der Waals surface area contributed by atoms with Crippen molar-refractivity contribution < 1.29 is 9.53 Å². The normalized spacial score (nSPS) is 25.5. The number of carbonyl (C=O) groups is 1. The molecule has 3 nitrogen and oxygen atoms in total. The molecule has 4 rings (SSSR count). The highest BCUT2D eigenvalue weighted by Gasteiger charge is 2.41. The van der Waals surface area contributed by atoms with Gasteiger partial charge in [0.2, 0.25) is 0 Å². The molecule has 1 saturated heterocycles. The second-order valence-electron chi connectivity index (χ2n) is 8.07. The second kappa shape index (κ2) is 5.12. The first-order valence-corrected chi connectivity index (χ1v) is 8.75. The van der Waals surface area contributed by atoms with Crippen LogP contribution in [0.15, 0.2) is 24.3 Å². The molecule has 2 heterocycles. The van der Waals surface area contributed by atoms with Gasteiger partial charge in [0.25, 0.3) is 0 Å².